The van der Waals surface area contributed by atoms with Gasteiger partial charge >= 0.3 is 6.18 Å². The van der Waals surface area contributed by atoms with Crippen molar-refractivity contribution in [1.29, 1.82) is 0 Å². The quantitative estimate of drug-likeness (QED) is 0.499. The van der Waals surface area contributed by atoms with Crippen molar-refractivity contribution in [3.63, 3.8) is 0 Å². The molecule has 5 nitrogen and oxygen atoms in total. The maximum absolute atomic E-state index is 12.6. The van der Waals surface area contributed by atoms with E-state index in [1.807, 2.05) is 6.07 Å². The molecule has 0 heterocycles. The highest BCUT2D eigenvalue weighted by Crippen LogP contribution is 2.30. The van der Waals surface area contributed by atoms with Gasteiger partial charge in [-0.2, -0.15) is 13.2 Å². The number of carbonyl (C=O) groups is 2. The van der Waals surface area contributed by atoms with Crippen molar-refractivity contribution in [1.82, 2.24) is 0 Å². The first-order valence-corrected chi connectivity index (χ1v) is 9.41. The molecule has 0 spiro atoms. The van der Waals surface area contributed by atoms with Crippen LogP contribution in [0.5, 0.6) is 0 Å². The number of carbonyl (C=O) groups excluding carboxylic acids is 2. The molecule has 3 aromatic rings. The number of rotatable bonds is 6. The number of alkyl halides is 3. The molecule has 8 heteroatoms. The van der Waals surface area contributed by atoms with Crippen LogP contribution >= 0.6 is 0 Å². The van der Waals surface area contributed by atoms with Gasteiger partial charge in [0.2, 0.25) is 5.91 Å². The molecule has 0 aromatic heterocycles. The van der Waals surface area contributed by atoms with Crippen molar-refractivity contribution in [3.05, 3.63) is 89.5 Å². The molecule has 0 bridgehead atoms. The highest BCUT2D eigenvalue weighted by atomic mass is 19.4. The van der Waals surface area contributed by atoms with Gasteiger partial charge in [-0.1, -0.05) is 24.3 Å². The second-order valence-electron chi connectivity index (χ2n) is 6.78. The highest BCUT2D eigenvalue weighted by molar-refractivity contribution is 6.05. The average molecular weight is 427 g/mol. The zero-order valence-corrected chi connectivity index (χ0v) is 16.6. The van der Waals surface area contributed by atoms with Gasteiger partial charge in [0, 0.05) is 22.6 Å². The van der Waals surface area contributed by atoms with Crippen LogP contribution in [0.4, 0.5) is 30.2 Å². The summed E-state index contributed by atoms with van der Waals surface area (Å²) in [7, 11) is 0. The Morgan fingerprint density at radius 2 is 1.45 bits per heavy atom. The van der Waals surface area contributed by atoms with Crippen LogP contribution in [0.1, 0.15) is 21.5 Å². The van der Waals surface area contributed by atoms with E-state index < -0.39 is 17.6 Å². The molecular formula is C23H20F3N3O2. The fourth-order valence-corrected chi connectivity index (χ4v) is 2.87. The van der Waals surface area contributed by atoms with Gasteiger partial charge in [-0.25, -0.2) is 0 Å². The standard InChI is InChI=1S/C23H20F3N3O2/c1-15-19(8-5-9-20(15)29-22(31)16-6-3-2-4-7-16)27-14-21(30)28-18-12-10-17(11-13-18)23(24,25)26/h2-13,27H,14H2,1H3,(H,28,30)(H,29,31). The summed E-state index contributed by atoms with van der Waals surface area (Å²) in [4.78, 5) is 24.5. The summed E-state index contributed by atoms with van der Waals surface area (Å²) < 4.78 is 37.8. The Morgan fingerprint density at radius 1 is 0.806 bits per heavy atom. The van der Waals surface area contributed by atoms with Crippen molar-refractivity contribution in [2.75, 3.05) is 22.5 Å². The average Bonchev–Trinajstić information content (AvgIpc) is 2.74. The number of anilines is 3. The maximum Gasteiger partial charge on any atom is 0.416 e. The molecule has 0 unspecified atom stereocenters. The molecule has 0 aliphatic carbocycles. The summed E-state index contributed by atoms with van der Waals surface area (Å²) in [6, 6.07) is 18.3. The minimum absolute atomic E-state index is 0.0993. The van der Waals surface area contributed by atoms with E-state index in [-0.39, 0.29) is 18.1 Å². The van der Waals surface area contributed by atoms with Gasteiger partial charge in [0.1, 0.15) is 0 Å². The lowest BCUT2D eigenvalue weighted by atomic mass is 10.1. The van der Waals surface area contributed by atoms with E-state index in [1.54, 1.807) is 49.4 Å². The van der Waals surface area contributed by atoms with Crippen LogP contribution < -0.4 is 16.0 Å². The molecule has 3 rings (SSSR count). The van der Waals surface area contributed by atoms with Gasteiger partial charge in [0.25, 0.3) is 5.91 Å². The lowest BCUT2D eigenvalue weighted by molar-refractivity contribution is -0.137. The summed E-state index contributed by atoms with van der Waals surface area (Å²) in [6.45, 7) is 1.70. The summed E-state index contributed by atoms with van der Waals surface area (Å²) in [5.74, 6) is -0.668. The topological polar surface area (TPSA) is 70.2 Å². The molecule has 3 aromatic carbocycles. The molecule has 0 saturated heterocycles. The van der Waals surface area contributed by atoms with Crippen LogP contribution in [0.3, 0.4) is 0 Å². The van der Waals surface area contributed by atoms with Gasteiger partial charge in [-0.05, 0) is 61.0 Å². The van der Waals surface area contributed by atoms with Crippen LogP contribution in [0, 0.1) is 6.92 Å². The first-order valence-electron chi connectivity index (χ1n) is 9.41. The van der Waals surface area contributed by atoms with Crippen molar-refractivity contribution in [2.45, 2.75) is 13.1 Å². The minimum Gasteiger partial charge on any atom is -0.376 e. The number of benzene rings is 3. The van der Waals surface area contributed by atoms with E-state index in [1.165, 1.54) is 12.1 Å². The summed E-state index contributed by atoms with van der Waals surface area (Å²) >= 11 is 0. The van der Waals surface area contributed by atoms with Crippen LogP contribution in [0.2, 0.25) is 0 Å². The summed E-state index contributed by atoms with van der Waals surface area (Å²) in [5.41, 5.74) is 2.00. The smallest absolute Gasteiger partial charge is 0.376 e. The van der Waals surface area contributed by atoms with E-state index in [2.05, 4.69) is 16.0 Å². The van der Waals surface area contributed by atoms with Gasteiger partial charge in [-0.15, -0.1) is 0 Å². The molecule has 31 heavy (non-hydrogen) atoms. The Labute approximate surface area is 177 Å². The molecule has 0 radical (unpaired) electrons. The molecule has 0 fully saturated rings. The molecule has 160 valence electrons. The van der Waals surface area contributed by atoms with Crippen molar-refractivity contribution in [3.8, 4) is 0 Å². The van der Waals surface area contributed by atoms with Crippen LogP contribution in [0.25, 0.3) is 0 Å². The Balaban J connectivity index is 1.59. The Morgan fingerprint density at radius 3 is 2.10 bits per heavy atom. The number of amides is 2. The summed E-state index contributed by atoms with van der Waals surface area (Å²) in [6.07, 6.45) is -4.43. The molecule has 0 aliphatic rings. The zero-order valence-electron chi connectivity index (χ0n) is 16.6. The molecule has 0 aliphatic heterocycles. The van der Waals surface area contributed by atoms with Crippen LogP contribution in [-0.2, 0) is 11.0 Å². The lowest BCUT2D eigenvalue weighted by Gasteiger charge is -2.14. The normalized spacial score (nSPS) is 11.0. The molecule has 3 N–H and O–H groups in total. The monoisotopic (exact) mass is 427 g/mol. The first kappa shape index (κ1) is 21.9. The number of hydrogen-bond acceptors (Lipinski definition) is 3. The van der Waals surface area contributed by atoms with Gasteiger partial charge in [0.15, 0.2) is 0 Å². The first-order chi connectivity index (χ1) is 14.7. The zero-order chi connectivity index (χ0) is 22.4. The lowest BCUT2D eigenvalue weighted by Crippen LogP contribution is -2.22. The second kappa shape index (κ2) is 9.34. The van der Waals surface area contributed by atoms with E-state index in [0.717, 1.165) is 17.7 Å². The van der Waals surface area contributed by atoms with Crippen molar-refractivity contribution < 1.29 is 22.8 Å². The largest absolute Gasteiger partial charge is 0.416 e. The number of hydrogen-bond donors (Lipinski definition) is 3. The third kappa shape index (κ3) is 5.85. The SMILES string of the molecule is Cc1c(NCC(=O)Nc2ccc(C(F)(F)F)cc2)cccc1NC(=O)c1ccccc1. The molecular weight excluding hydrogens is 407 g/mol. The minimum atomic E-state index is -4.43. The van der Waals surface area contributed by atoms with E-state index in [0.29, 0.717) is 16.9 Å². The fraction of sp³-hybridized carbons (Fsp3) is 0.130. The number of halogens is 3. The van der Waals surface area contributed by atoms with E-state index in [4.69, 9.17) is 0 Å². The van der Waals surface area contributed by atoms with Crippen molar-refractivity contribution in [2.24, 2.45) is 0 Å². The van der Waals surface area contributed by atoms with Crippen LogP contribution in [-0.4, -0.2) is 18.4 Å². The van der Waals surface area contributed by atoms with Gasteiger partial charge in [-0.3, -0.25) is 9.59 Å². The summed E-state index contributed by atoms with van der Waals surface area (Å²) in [5, 5.41) is 8.36. The molecule has 0 saturated carbocycles. The third-order valence-electron chi connectivity index (χ3n) is 4.55. The highest BCUT2D eigenvalue weighted by Gasteiger charge is 2.29. The van der Waals surface area contributed by atoms with Gasteiger partial charge < -0.3 is 16.0 Å². The van der Waals surface area contributed by atoms with E-state index in [9.17, 15) is 22.8 Å². The van der Waals surface area contributed by atoms with Crippen LogP contribution in [0.15, 0.2) is 72.8 Å². The van der Waals surface area contributed by atoms with E-state index >= 15 is 0 Å². The predicted octanol–water partition coefficient (Wildman–Crippen LogP) is 5.32. The van der Waals surface area contributed by atoms with Crippen molar-refractivity contribution >= 4 is 28.9 Å². The molecule has 0 atom stereocenters. The Hall–Kier alpha value is -3.81. The van der Waals surface area contributed by atoms with Gasteiger partial charge in [0.05, 0.1) is 12.1 Å². The fourth-order valence-electron chi connectivity index (χ4n) is 2.87. The number of nitrogens with one attached hydrogen (secondary N) is 3. The third-order valence-corrected chi connectivity index (χ3v) is 4.55. The second-order valence-corrected chi connectivity index (χ2v) is 6.78. The molecule has 2 amide bonds. The Bertz CT molecular complexity index is 1070. The Kier molecular flexibility index (Phi) is 6.59. The maximum atomic E-state index is 12.6. The predicted molar refractivity (Wildman–Crippen MR) is 114 cm³/mol.